The molecule has 1 aromatic heterocycles. The Balaban J connectivity index is 2.11. The van der Waals surface area contributed by atoms with Gasteiger partial charge in [0, 0.05) is 16.9 Å². The Labute approximate surface area is 123 Å². The zero-order chi connectivity index (χ0) is 14.5. The Morgan fingerprint density at radius 1 is 1.20 bits per heavy atom. The summed E-state index contributed by atoms with van der Waals surface area (Å²) in [5, 5.41) is 11.6. The number of halogens is 1. The van der Waals surface area contributed by atoms with Gasteiger partial charge in [0.1, 0.15) is 0 Å². The molecule has 0 aliphatic carbocycles. The fourth-order valence-corrected chi connectivity index (χ4v) is 1.98. The molecular formula is C14H11BrN2O3. The van der Waals surface area contributed by atoms with E-state index < -0.39 is 5.97 Å². The Kier molecular flexibility index (Phi) is 4.47. The number of aromatic nitrogens is 1. The summed E-state index contributed by atoms with van der Waals surface area (Å²) in [5.74, 6) is -1.26. The van der Waals surface area contributed by atoms with E-state index in [0.717, 1.165) is 5.56 Å². The second-order valence-corrected chi connectivity index (χ2v) is 4.93. The number of carboxylic acid groups (broad SMARTS) is 1. The number of pyridine rings is 1. The van der Waals surface area contributed by atoms with Crippen LogP contribution in [0.1, 0.15) is 15.9 Å². The molecule has 0 spiro atoms. The van der Waals surface area contributed by atoms with Gasteiger partial charge in [-0.2, -0.15) is 0 Å². The van der Waals surface area contributed by atoms with Crippen LogP contribution in [0.3, 0.4) is 0 Å². The van der Waals surface area contributed by atoms with Gasteiger partial charge in [0.25, 0.3) is 0 Å². The van der Waals surface area contributed by atoms with Crippen LogP contribution in [0.15, 0.2) is 47.2 Å². The summed E-state index contributed by atoms with van der Waals surface area (Å²) in [6.45, 7) is 0. The molecule has 0 bridgehead atoms. The first kappa shape index (κ1) is 14.2. The number of carbonyl (C=O) groups excluding carboxylic acids is 1. The molecule has 102 valence electrons. The van der Waals surface area contributed by atoms with Crippen LogP contribution in [0.25, 0.3) is 0 Å². The standard InChI is InChI=1S/C14H11BrN2O3/c15-11-2-1-10(14(19)20)8-12(11)17-13(18)7-9-3-5-16-6-4-9/h1-6,8H,7H2,(H,17,18)(H,19,20). The molecule has 0 aliphatic rings. The molecule has 2 rings (SSSR count). The molecule has 6 heteroatoms. The average molecular weight is 335 g/mol. The number of hydrogen-bond donors (Lipinski definition) is 2. The first-order chi connectivity index (χ1) is 9.56. The topological polar surface area (TPSA) is 79.3 Å². The van der Waals surface area contributed by atoms with E-state index in [9.17, 15) is 9.59 Å². The van der Waals surface area contributed by atoms with Crippen molar-refractivity contribution in [1.29, 1.82) is 0 Å². The molecule has 1 heterocycles. The molecule has 2 aromatic rings. The van der Waals surface area contributed by atoms with Crippen molar-refractivity contribution in [2.24, 2.45) is 0 Å². The molecule has 5 nitrogen and oxygen atoms in total. The molecule has 0 atom stereocenters. The Hall–Kier alpha value is -2.21. The maximum absolute atomic E-state index is 11.9. The van der Waals surface area contributed by atoms with Crippen molar-refractivity contribution >= 4 is 33.5 Å². The van der Waals surface area contributed by atoms with Gasteiger partial charge in [-0.3, -0.25) is 9.78 Å². The average Bonchev–Trinajstić information content (AvgIpc) is 2.42. The maximum atomic E-state index is 11.9. The van der Waals surface area contributed by atoms with E-state index in [0.29, 0.717) is 10.2 Å². The number of hydrogen-bond acceptors (Lipinski definition) is 3. The van der Waals surface area contributed by atoms with Gasteiger partial charge >= 0.3 is 5.97 Å². The van der Waals surface area contributed by atoms with Crippen LogP contribution in [-0.2, 0) is 11.2 Å². The van der Waals surface area contributed by atoms with Gasteiger partial charge in [0.2, 0.25) is 5.91 Å². The third-order valence-electron chi connectivity index (χ3n) is 2.60. The van der Waals surface area contributed by atoms with Gasteiger partial charge < -0.3 is 10.4 Å². The number of nitrogens with zero attached hydrogens (tertiary/aromatic N) is 1. The summed E-state index contributed by atoms with van der Waals surface area (Å²) in [5.41, 5.74) is 1.39. The first-order valence-electron chi connectivity index (χ1n) is 5.78. The van der Waals surface area contributed by atoms with Gasteiger partial charge in [-0.05, 0) is 51.8 Å². The minimum atomic E-state index is -1.04. The zero-order valence-electron chi connectivity index (χ0n) is 10.3. The van der Waals surface area contributed by atoms with Crippen LogP contribution in [0.4, 0.5) is 5.69 Å². The van der Waals surface area contributed by atoms with Crippen molar-refractivity contribution in [3.05, 3.63) is 58.3 Å². The predicted molar refractivity (Wildman–Crippen MR) is 77.7 cm³/mol. The van der Waals surface area contributed by atoms with E-state index in [4.69, 9.17) is 5.11 Å². The summed E-state index contributed by atoms with van der Waals surface area (Å²) in [6.07, 6.45) is 3.43. The second kappa shape index (κ2) is 6.29. The Bertz CT molecular complexity index is 644. The summed E-state index contributed by atoms with van der Waals surface area (Å²) >= 11 is 3.28. The van der Waals surface area contributed by atoms with Crippen molar-refractivity contribution in [3.8, 4) is 0 Å². The number of anilines is 1. The third-order valence-corrected chi connectivity index (χ3v) is 3.29. The first-order valence-corrected chi connectivity index (χ1v) is 6.57. The lowest BCUT2D eigenvalue weighted by Crippen LogP contribution is -2.15. The molecule has 1 amide bonds. The molecule has 0 aliphatic heterocycles. The minimum absolute atomic E-state index is 0.118. The van der Waals surface area contributed by atoms with Crippen molar-refractivity contribution in [2.75, 3.05) is 5.32 Å². The summed E-state index contributed by atoms with van der Waals surface area (Å²) in [4.78, 5) is 26.7. The maximum Gasteiger partial charge on any atom is 0.335 e. The SMILES string of the molecule is O=C(Cc1ccncc1)Nc1cc(C(=O)O)ccc1Br. The molecule has 0 unspecified atom stereocenters. The number of amides is 1. The smallest absolute Gasteiger partial charge is 0.335 e. The number of carbonyl (C=O) groups is 2. The lowest BCUT2D eigenvalue weighted by Gasteiger charge is -2.08. The highest BCUT2D eigenvalue weighted by Crippen LogP contribution is 2.23. The fourth-order valence-electron chi connectivity index (χ4n) is 1.63. The molecule has 20 heavy (non-hydrogen) atoms. The van der Waals surface area contributed by atoms with Crippen molar-refractivity contribution in [1.82, 2.24) is 4.98 Å². The van der Waals surface area contributed by atoms with E-state index in [1.807, 2.05) is 0 Å². The molecule has 0 radical (unpaired) electrons. The molecule has 0 saturated carbocycles. The Morgan fingerprint density at radius 3 is 2.55 bits per heavy atom. The van der Waals surface area contributed by atoms with Crippen molar-refractivity contribution in [2.45, 2.75) is 6.42 Å². The van der Waals surface area contributed by atoms with Crippen molar-refractivity contribution in [3.63, 3.8) is 0 Å². The van der Waals surface area contributed by atoms with E-state index in [1.54, 1.807) is 30.6 Å². The van der Waals surface area contributed by atoms with Crippen LogP contribution in [0, 0.1) is 0 Å². The van der Waals surface area contributed by atoms with Crippen LogP contribution >= 0.6 is 15.9 Å². The number of nitrogens with one attached hydrogen (secondary N) is 1. The number of aromatic carboxylic acids is 1. The van der Waals surface area contributed by atoms with Crippen molar-refractivity contribution < 1.29 is 14.7 Å². The molecule has 0 saturated heterocycles. The highest BCUT2D eigenvalue weighted by Gasteiger charge is 2.10. The van der Waals surface area contributed by atoms with Gasteiger partial charge in [-0.25, -0.2) is 4.79 Å². The van der Waals surface area contributed by atoms with E-state index in [-0.39, 0.29) is 17.9 Å². The second-order valence-electron chi connectivity index (χ2n) is 4.08. The normalized spacial score (nSPS) is 10.1. The van der Waals surface area contributed by atoms with E-state index in [1.165, 1.54) is 12.1 Å². The largest absolute Gasteiger partial charge is 0.478 e. The summed E-state index contributed by atoms with van der Waals surface area (Å²) in [7, 11) is 0. The molecule has 0 fully saturated rings. The Morgan fingerprint density at radius 2 is 1.90 bits per heavy atom. The van der Waals surface area contributed by atoms with Gasteiger partial charge in [-0.1, -0.05) is 0 Å². The molecular weight excluding hydrogens is 324 g/mol. The zero-order valence-corrected chi connectivity index (χ0v) is 11.9. The van der Waals surface area contributed by atoms with E-state index in [2.05, 4.69) is 26.2 Å². The van der Waals surface area contributed by atoms with Gasteiger partial charge in [0.05, 0.1) is 17.7 Å². The third kappa shape index (κ3) is 3.64. The number of benzene rings is 1. The summed E-state index contributed by atoms with van der Waals surface area (Å²) < 4.78 is 0.630. The number of rotatable bonds is 4. The summed E-state index contributed by atoms with van der Waals surface area (Å²) in [6, 6.07) is 7.97. The highest BCUT2D eigenvalue weighted by atomic mass is 79.9. The monoisotopic (exact) mass is 334 g/mol. The van der Waals surface area contributed by atoms with Crippen LogP contribution < -0.4 is 5.32 Å². The molecule has 1 aromatic carbocycles. The molecule has 2 N–H and O–H groups in total. The van der Waals surface area contributed by atoms with Crippen LogP contribution in [0.5, 0.6) is 0 Å². The highest BCUT2D eigenvalue weighted by molar-refractivity contribution is 9.10. The number of carboxylic acids is 1. The lowest BCUT2D eigenvalue weighted by atomic mass is 10.1. The minimum Gasteiger partial charge on any atom is -0.478 e. The predicted octanol–water partition coefficient (Wildman–Crippen LogP) is 2.72. The lowest BCUT2D eigenvalue weighted by molar-refractivity contribution is -0.115. The van der Waals surface area contributed by atoms with E-state index >= 15 is 0 Å². The van der Waals surface area contributed by atoms with Crippen LogP contribution in [0.2, 0.25) is 0 Å². The van der Waals surface area contributed by atoms with Gasteiger partial charge in [0.15, 0.2) is 0 Å². The quantitative estimate of drug-likeness (QED) is 0.900. The fraction of sp³-hybridized carbons (Fsp3) is 0.0714. The van der Waals surface area contributed by atoms with Gasteiger partial charge in [-0.15, -0.1) is 0 Å². The van der Waals surface area contributed by atoms with Crippen LogP contribution in [-0.4, -0.2) is 22.0 Å².